The summed E-state index contributed by atoms with van der Waals surface area (Å²) < 4.78 is 0. The third-order valence-electron chi connectivity index (χ3n) is 2.95. The Morgan fingerprint density at radius 3 is 2.39 bits per heavy atom. The van der Waals surface area contributed by atoms with Crippen molar-refractivity contribution in [2.24, 2.45) is 0 Å². The first-order valence-corrected chi connectivity index (χ1v) is 6.43. The lowest BCUT2D eigenvalue weighted by atomic mass is 10.0. The van der Waals surface area contributed by atoms with Gasteiger partial charge in [-0.05, 0) is 39.8 Å². The van der Waals surface area contributed by atoms with Crippen LogP contribution in [0, 0.1) is 11.8 Å². The summed E-state index contributed by atoms with van der Waals surface area (Å²) in [6, 6.07) is 10.6. The summed E-state index contributed by atoms with van der Waals surface area (Å²) in [6.45, 7) is 13.4. The van der Waals surface area contributed by atoms with Crippen LogP contribution in [0.3, 0.4) is 0 Å². The van der Waals surface area contributed by atoms with Gasteiger partial charge in [0.15, 0.2) is 0 Å². The molecule has 0 radical (unpaired) electrons. The van der Waals surface area contributed by atoms with Crippen LogP contribution in [0.4, 0.5) is 0 Å². The zero-order chi connectivity index (χ0) is 13.6. The molecule has 0 N–H and O–H groups in total. The zero-order valence-electron chi connectivity index (χ0n) is 11.9. The van der Waals surface area contributed by atoms with E-state index < -0.39 is 0 Å². The Hall–Kier alpha value is -1.52. The molecule has 1 heteroatoms. The van der Waals surface area contributed by atoms with Crippen LogP contribution in [0.2, 0.25) is 0 Å². The minimum absolute atomic E-state index is 0.155. The van der Waals surface area contributed by atoms with Crippen LogP contribution in [-0.2, 0) is 0 Å². The first-order valence-electron chi connectivity index (χ1n) is 6.43. The summed E-state index contributed by atoms with van der Waals surface area (Å²) >= 11 is 0. The fourth-order valence-electron chi connectivity index (χ4n) is 2.04. The van der Waals surface area contributed by atoms with Crippen molar-refractivity contribution in [1.29, 1.82) is 0 Å². The molecule has 0 heterocycles. The van der Waals surface area contributed by atoms with Gasteiger partial charge in [0.25, 0.3) is 0 Å². The van der Waals surface area contributed by atoms with Gasteiger partial charge >= 0.3 is 0 Å². The summed E-state index contributed by atoms with van der Waals surface area (Å²) in [4.78, 5) is 2.34. The summed E-state index contributed by atoms with van der Waals surface area (Å²) in [5.41, 5.74) is 0.908. The predicted molar refractivity (Wildman–Crippen MR) is 79.4 cm³/mol. The fraction of sp³-hybridized carbons (Fsp3) is 0.412. The van der Waals surface area contributed by atoms with Crippen LogP contribution in [0.15, 0.2) is 43.0 Å². The lowest BCUT2D eigenvalue weighted by Gasteiger charge is -2.37. The van der Waals surface area contributed by atoms with E-state index in [0.717, 1.165) is 12.1 Å². The molecule has 1 aromatic carbocycles. The maximum atomic E-state index is 3.82. The molecule has 0 aromatic heterocycles. The molecule has 0 saturated heterocycles. The van der Waals surface area contributed by atoms with Crippen LogP contribution in [-0.4, -0.2) is 23.0 Å². The number of hydrogen-bond acceptors (Lipinski definition) is 1. The average molecular weight is 241 g/mol. The van der Waals surface area contributed by atoms with E-state index in [9.17, 15) is 0 Å². The topological polar surface area (TPSA) is 3.24 Å². The van der Waals surface area contributed by atoms with Crippen LogP contribution >= 0.6 is 0 Å². The fourth-order valence-corrected chi connectivity index (χ4v) is 2.04. The number of hydrogen-bond donors (Lipinski definition) is 0. The van der Waals surface area contributed by atoms with Crippen LogP contribution in [0.25, 0.3) is 0 Å². The van der Waals surface area contributed by atoms with Gasteiger partial charge in [-0.15, -0.1) is 6.58 Å². The van der Waals surface area contributed by atoms with Gasteiger partial charge in [0, 0.05) is 18.2 Å². The van der Waals surface area contributed by atoms with Crippen molar-refractivity contribution >= 4 is 0 Å². The molecule has 0 saturated carbocycles. The second-order valence-electron chi connectivity index (χ2n) is 5.21. The predicted octanol–water partition coefficient (Wildman–Crippen LogP) is 3.71. The van der Waals surface area contributed by atoms with Crippen molar-refractivity contribution in [3.63, 3.8) is 0 Å². The molecule has 0 fully saturated rings. The van der Waals surface area contributed by atoms with Crippen LogP contribution < -0.4 is 0 Å². The lowest BCUT2D eigenvalue weighted by Crippen LogP contribution is -2.47. The van der Waals surface area contributed by atoms with E-state index in [4.69, 9.17) is 0 Å². The summed E-state index contributed by atoms with van der Waals surface area (Å²) in [6.07, 6.45) is 1.94. The standard InChI is InChI=1S/C17H23N/c1-6-14-18(15(2)3)17(4,5)13-12-16-10-8-7-9-11-16/h6-11,15H,1,14H2,2-5H3. The minimum atomic E-state index is -0.155. The Labute approximate surface area is 112 Å². The average Bonchev–Trinajstić information content (AvgIpc) is 2.34. The Kier molecular flexibility index (Phi) is 5.19. The maximum absolute atomic E-state index is 3.82. The number of nitrogens with zero attached hydrogens (tertiary/aromatic N) is 1. The first-order chi connectivity index (χ1) is 8.47. The van der Waals surface area contributed by atoms with E-state index >= 15 is 0 Å². The Morgan fingerprint density at radius 1 is 1.28 bits per heavy atom. The zero-order valence-corrected chi connectivity index (χ0v) is 11.9. The van der Waals surface area contributed by atoms with Gasteiger partial charge in [-0.2, -0.15) is 0 Å². The molecular formula is C17H23N. The van der Waals surface area contributed by atoms with Gasteiger partial charge < -0.3 is 0 Å². The third kappa shape index (κ3) is 4.05. The second-order valence-corrected chi connectivity index (χ2v) is 5.21. The highest BCUT2D eigenvalue weighted by atomic mass is 15.2. The Balaban J connectivity index is 2.92. The molecule has 0 spiro atoms. The second kappa shape index (κ2) is 6.42. The SMILES string of the molecule is C=CCN(C(C)C)C(C)(C)C#Cc1ccccc1. The van der Waals surface area contributed by atoms with Gasteiger partial charge in [0.05, 0.1) is 5.54 Å². The maximum Gasteiger partial charge on any atom is 0.0777 e. The highest BCUT2D eigenvalue weighted by molar-refractivity contribution is 5.36. The molecule has 0 amide bonds. The number of benzene rings is 1. The molecule has 1 aromatic rings. The van der Waals surface area contributed by atoms with Crippen molar-refractivity contribution in [1.82, 2.24) is 4.90 Å². The molecule has 0 aliphatic heterocycles. The first kappa shape index (κ1) is 14.5. The van der Waals surface area contributed by atoms with Crippen molar-refractivity contribution in [3.8, 4) is 11.8 Å². The van der Waals surface area contributed by atoms with Gasteiger partial charge in [-0.25, -0.2) is 0 Å². The van der Waals surface area contributed by atoms with Crippen molar-refractivity contribution < 1.29 is 0 Å². The summed E-state index contributed by atoms with van der Waals surface area (Å²) in [5.74, 6) is 6.62. The minimum Gasteiger partial charge on any atom is -0.282 e. The molecule has 0 unspecified atom stereocenters. The van der Waals surface area contributed by atoms with Crippen LogP contribution in [0.5, 0.6) is 0 Å². The van der Waals surface area contributed by atoms with Crippen molar-refractivity contribution in [3.05, 3.63) is 48.6 Å². The Bertz CT molecular complexity index is 432. The lowest BCUT2D eigenvalue weighted by molar-refractivity contribution is 0.146. The molecule has 0 bridgehead atoms. The molecule has 1 nitrogen and oxygen atoms in total. The highest BCUT2D eigenvalue weighted by Gasteiger charge is 2.25. The smallest absolute Gasteiger partial charge is 0.0777 e. The third-order valence-corrected chi connectivity index (χ3v) is 2.95. The summed E-state index contributed by atoms with van der Waals surface area (Å²) in [5, 5.41) is 0. The highest BCUT2D eigenvalue weighted by Crippen LogP contribution is 2.17. The van der Waals surface area contributed by atoms with E-state index in [1.165, 1.54) is 0 Å². The van der Waals surface area contributed by atoms with E-state index in [2.05, 4.69) is 51.0 Å². The monoisotopic (exact) mass is 241 g/mol. The quantitative estimate of drug-likeness (QED) is 0.574. The van der Waals surface area contributed by atoms with Crippen molar-refractivity contribution in [2.75, 3.05) is 6.54 Å². The van der Waals surface area contributed by atoms with E-state index in [1.54, 1.807) is 0 Å². The molecule has 0 aliphatic rings. The molecule has 18 heavy (non-hydrogen) atoms. The van der Waals surface area contributed by atoms with Gasteiger partial charge in [-0.1, -0.05) is 36.1 Å². The van der Waals surface area contributed by atoms with Gasteiger partial charge in [-0.3, -0.25) is 4.90 Å². The molecule has 0 atom stereocenters. The van der Waals surface area contributed by atoms with Crippen molar-refractivity contribution in [2.45, 2.75) is 39.3 Å². The molecule has 0 aliphatic carbocycles. The largest absolute Gasteiger partial charge is 0.282 e. The molecule has 1 rings (SSSR count). The van der Waals surface area contributed by atoms with Gasteiger partial charge in [0.2, 0.25) is 0 Å². The molecular weight excluding hydrogens is 218 g/mol. The molecule has 96 valence electrons. The van der Waals surface area contributed by atoms with E-state index in [-0.39, 0.29) is 5.54 Å². The van der Waals surface area contributed by atoms with E-state index in [1.807, 2.05) is 36.4 Å². The normalized spacial score (nSPS) is 11.2. The Morgan fingerprint density at radius 2 is 1.89 bits per heavy atom. The number of rotatable bonds is 4. The van der Waals surface area contributed by atoms with Gasteiger partial charge in [0.1, 0.15) is 0 Å². The van der Waals surface area contributed by atoms with E-state index in [0.29, 0.717) is 6.04 Å². The summed E-state index contributed by atoms with van der Waals surface area (Å²) in [7, 11) is 0. The van der Waals surface area contributed by atoms with Crippen LogP contribution in [0.1, 0.15) is 33.3 Å².